The lowest BCUT2D eigenvalue weighted by atomic mass is 9.99. The van der Waals surface area contributed by atoms with Crippen molar-refractivity contribution in [2.75, 3.05) is 0 Å². The zero-order valence-corrected chi connectivity index (χ0v) is 28.7. The standard InChI is InChI=1S/C44H38N4O2/c1-27-13-19-33(29(3)21-27)41-23-37(35-9-5-7-11-39(35)47-41)43(49)45-25-31-15-17-32(18-16-31)26-46-44(50)38-24-42(34-20-14-28(2)22-30(34)4)48-40-12-8-6-10-36(38)40/h5-24H,25-26H2,1-4H3,(H,45,49)(H,46,50). The molecule has 6 nitrogen and oxygen atoms in total. The Bertz CT molecular complexity index is 2240. The molecular formula is C44H38N4O2. The second-order valence-electron chi connectivity index (χ2n) is 13.0. The molecule has 5 aromatic carbocycles. The van der Waals surface area contributed by atoms with E-state index in [0.717, 1.165) is 66.6 Å². The number of para-hydroxylation sites is 2. The highest BCUT2D eigenvalue weighted by atomic mass is 16.2. The summed E-state index contributed by atoms with van der Waals surface area (Å²) in [4.78, 5) is 36.9. The molecule has 2 heterocycles. The highest BCUT2D eigenvalue weighted by molar-refractivity contribution is 6.08. The van der Waals surface area contributed by atoms with E-state index in [0.29, 0.717) is 24.2 Å². The highest BCUT2D eigenvalue weighted by Gasteiger charge is 2.17. The molecule has 246 valence electrons. The molecule has 2 amide bonds. The summed E-state index contributed by atoms with van der Waals surface area (Å²) >= 11 is 0. The number of rotatable bonds is 8. The van der Waals surface area contributed by atoms with Crippen LogP contribution in [0.5, 0.6) is 0 Å². The van der Waals surface area contributed by atoms with Crippen molar-refractivity contribution in [3.05, 3.63) is 166 Å². The number of carbonyl (C=O) groups is 2. The van der Waals surface area contributed by atoms with Gasteiger partial charge in [0.25, 0.3) is 11.8 Å². The first kappa shape index (κ1) is 32.4. The van der Waals surface area contributed by atoms with E-state index in [9.17, 15) is 9.59 Å². The maximum absolute atomic E-state index is 13.6. The van der Waals surface area contributed by atoms with Crippen LogP contribution in [0, 0.1) is 27.7 Å². The smallest absolute Gasteiger partial charge is 0.252 e. The zero-order valence-electron chi connectivity index (χ0n) is 28.7. The van der Waals surface area contributed by atoms with Gasteiger partial charge < -0.3 is 10.6 Å². The van der Waals surface area contributed by atoms with Crippen LogP contribution in [0.3, 0.4) is 0 Å². The van der Waals surface area contributed by atoms with Gasteiger partial charge in [-0.3, -0.25) is 9.59 Å². The van der Waals surface area contributed by atoms with E-state index in [1.807, 2.05) is 84.9 Å². The fourth-order valence-electron chi connectivity index (χ4n) is 6.53. The van der Waals surface area contributed by atoms with E-state index >= 15 is 0 Å². The van der Waals surface area contributed by atoms with Crippen LogP contribution in [0.1, 0.15) is 54.1 Å². The number of nitrogens with zero attached hydrogens (tertiary/aromatic N) is 2. The summed E-state index contributed by atoms with van der Waals surface area (Å²) in [5.74, 6) is -0.313. The van der Waals surface area contributed by atoms with Gasteiger partial charge >= 0.3 is 0 Å². The Morgan fingerprint density at radius 3 is 1.30 bits per heavy atom. The topological polar surface area (TPSA) is 84.0 Å². The number of hydrogen-bond donors (Lipinski definition) is 2. The molecule has 0 saturated carbocycles. The van der Waals surface area contributed by atoms with Crippen molar-refractivity contribution in [3.63, 3.8) is 0 Å². The molecule has 0 radical (unpaired) electrons. The predicted octanol–water partition coefficient (Wildman–Crippen LogP) is 9.21. The van der Waals surface area contributed by atoms with Gasteiger partial charge in [0.05, 0.1) is 33.5 Å². The molecule has 2 aromatic heterocycles. The van der Waals surface area contributed by atoms with Gasteiger partial charge in [-0.25, -0.2) is 9.97 Å². The Kier molecular flexibility index (Phi) is 8.92. The van der Waals surface area contributed by atoms with Crippen molar-refractivity contribution in [1.29, 1.82) is 0 Å². The molecule has 0 spiro atoms. The molecule has 6 heteroatoms. The second kappa shape index (κ2) is 13.8. The van der Waals surface area contributed by atoms with Crippen LogP contribution in [-0.4, -0.2) is 21.8 Å². The molecule has 0 atom stereocenters. The second-order valence-corrected chi connectivity index (χ2v) is 13.0. The lowest BCUT2D eigenvalue weighted by Gasteiger charge is -2.13. The number of aryl methyl sites for hydroxylation is 4. The number of amides is 2. The van der Waals surface area contributed by atoms with E-state index in [-0.39, 0.29) is 11.8 Å². The number of aromatic nitrogens is 2. The van der Waals surface area contributed by atoms with Gasteiger partial charge in [0.2, 0.25) is 0 Å². The average molecular weight is 655 g/mol. The number of benzene rings is 5. The van der Waals surface area contributed by atoms with Gasteiger partial charge in [0, 0.05) is 35.0 Å². The zero-order chi connectivity index (χ0) is 34.8. The molecule has 0 saturated heterocycles. The summed E-state index contributed by atoms with van der Waals surface area (Å²) in [5.41, 5.74) is 12.8. The van der Waals surface area contributed by atoms with Crippen LogP contribution >= 0.6 is 0 Å². The van der Waals surface area contributed by atoms with Crippen LogP contribution in [0.2, 0.25) is 0 Å². The fraction of sp³-hybridized carbons (Fsp3) is 0.136. The van der Waals surface area contributed by atoms with Gasteiger partial charge in [-0.2, -0.15) is 0 Å². The van der Waals surface area contributed by atoms with Crippen molar-refractivity contribution in [2.45, 2.75) is 40.8 Å². The van der Waals surface area contributed by atoms with E-state index in [1.165, 1.54) is 11.1 Å². The monoisotopic (exact) mass is 654 g/mol. The molecule has 0 fully saturated rings. The van der Waals surface area contributed by atoms with E-state index in [2.05, 4.69) is 74.7 Å². The van der Waals surface area contributed by atoms with Crippen LogP contribution in [0.4, 0.5) is 0 Å². The number of fused-ring (bicyclic) bond motifs is 2. The Morgan fingerprint density at radius 2 is 0.900 bits per heavy atom. The van der Waals surface area contributed by atoms with E-state index in [4.69, 9.17) is 9.97 Å². The first-order valence-electron chi connectivity index (χ1n) is 16.8. The highest BCUT2D eigenvalue weighted by Crippen LogP contribution is 2.29. The Labute approximate surface area is 292 Å². The van der Waals surface area contributed by atoms with E-state index in [1.54, 1.807) is 0 Å². The molecule has 0 aliphatic heterocycles. The average Bonchev–Trinajstić information content (AvgIpc) is 3.12. The molecule has 50 heavy (non-hydrogen) atoms. The van der Waals surface area contributed by atoms with Crippen LogP contribution in [0.15, 0.2) is 121 Å². The lowest BCUT2D eigenvalue weighted by Crippen LogP contribution is -2.24. The maximum atomic E-state index is 13.6. The molecule has 7 aromatic rings. The van der Waals surface area contributed by atoms with Gasteiger partial charge in [-0.1, -0.05) is 108 Å². The molecule has 0 unspecified atom stereocenters. The molecular weight excluding hydrogens is 617 g/mol. The number of nitrogens with one attached hydrogen (secondary N) is 2. The molecule has 7 rings (SSSR count). The molecule has 0 aliphatic rings. The normalized spacial score (nSPS) is 11.1. The Morgan fingerprint density at radius 1 is 0.500 bits per heavy atom. The largest absolute Gasteiger partial charge is 0.348 e. The van der Waals surface area contributed by atoms with Gasteiger partial charge in [-0.05, 0) is 74.2 Å². The van der Waals surface area contributed by atoms with Gasteiger partial charge in [0.1, 0.15) is 0 Å². The maximum Gasteiger partial charge on any atom is 0.252 e. The SMILES string of the molecule is Cc1ccc(-c2cc(C(=O)NCc3ccc(CNC(=O)c4cc(-c5ccc(C)cc5C)nc5ccccc45)cc3)c3ccccc3n2)c(C)c1. The third-order valence-electron chi connectivity index (χ3n) is 9.17. The minimum Gasteiger partial charge on any atom is -0.348 e. The van der Waals surface area contributed by atoms with Gasteiger partial charge in [-0.15, -0.1) is 0 Å². The molecule has 0 bridgehead atoms. The fourth-order valence-corrected chi connectivity index (χ4v) is 6.53. The minimum absolute atomic E-state index is 0.157. The molecule has 0 aliphatic carbocycles. The number of carbonyl (C=O) groups excluding carboxylic acids is 2. The third-order valence-corrected chi connectivity index (χ3v) is 9.17. The Hall–Kier alpha value is -6.14. The summed E-state index contributed by atoms with van der Waals surface area (Å²) < 4.78 is 0. The summed E-state index contributed by atoms with van der Waals surface area (Å²) in [6, 6.07) is 39.7. The summed E-state index contributed by atoms with van der Waals surface area (Å²) in [7, 11) is 0. The first-order valence-corrected chi connectivity index (χ1v) is 16.8. The Balaban J connectivity index is 1.04. The van der Waals surface area contributed by atoms with Crippen molar-refractivity contribution in [1.82, 2.24) is 20.6 Å². The van der Waals surface area contributed by atoms with Gasteiger partial charge in [0.15, 0.2) is 0 Å². The van der Waals surface area contributed by atoms with Crippen LogP contribution in [-0.2, 0) is 13.1 Å². The van der Waals surface area contributed by atoms with Crippen molar-refractivity contribution in [2.24, 2.45) is 0 Å². The summed E-state index contributed by atoms with van der Waals surface area (Å²) in [5, 5.41) is 7.83. The third kappa shape index (κ3) is 6.74. The van der Waals surface area contributed by atoms with Crippen molar-refractivity contribution < 1.29 is 9.59 Å². The summed E-state index contributed by atoms with van der Waals surface area (Å²) in [6.07, 6.45) is 0. The van der Waals surface area contributed by atoms with Crippen LogP contribution in [0.25, 0.3) is 44.3 Å². The number of pyridine rings is 2. The predicted molar refractivity (Wildman–Crippen MR) is 202 cm³/mol. The van der Waals surface area contributed by atoms with E-state index < -0.39 is 0 Å². The minimum atomic E-state index is -0.157. The lowest BCUT2D eigenvalue weighted by molar-refractivity contribution is 0.0944. The van der Waals surface area contributed by atoms with Crippen molar-refractivity contribution in [3.8, 4) is 22.5 Å². The van der Waals surface area contributed by atoms with Crippen molar-refractivity contribution >= 4 is 33.6 Å². The molecule has 2 N–H and O–H groups in total. The quantitative estimate of drug-likeness (QED) is 0.171. The van der Waals surface area contributed by atoms with Crippen LogP contribution < -0.4 is 10.6 Å². The number of hydrogen-bond acceptors (Lipinski definition) is 4. The first-order chi connectivity index (χ1) is 24.2. The summed E-state index contributed by atoms with van der Waals surface area (Å²) in [6.45, 7) is 9.00.